The van der Waals surface area contributed by atoms with Crippen molar-refractivity contribution >= 4 is 11.8 Å². The van der Waals surface area contributed by atoms with Crippen LogP contribution in [0, 0.1) is 12.8 Å². The number of hydrogen-bond donors (Lipinski definition) is 1. The van der Waals surface area contributed by atoms with Gasteiger partial charge in [0.15, 0.2) is 5.82 Å². The first-order valence-corrected chi connectivity index (χ1v) is 10.8. The van der Waals surface area contributed by atoms with E-state index in [1.165, 1.54) is 5.56 Å². The Kier molecular flexibility index (Phi) is 5.69. The molecule has 154 valence electrons. The molecule has 0 bridgehead atoms. The Morgan fingerprint density at radius 2 is 1.93 bits per heavy atom. The smallest absolute Gasteiger partial charge is 0.289 e. The lowest BCUT2D eigenvalue weighted by Crippen LogP contribution is -2.40. The Labute approximate surface area is 172 Å². The number of aromatic nitrogens is 2. The van der Waals surface area contributed by atoms with Gasteiger partial charge < -0.3 is 14.8 Å². The van der Waals surface area contributed by atoms with Gasteiger partial charge in [-0.15, -0.1) is 0 Å². The number of fused-ring (bicyclic) bond motifs is 1. The molecule has 0 radical (unpaired) electrons. The average molecular weight is 395 g/mol. The first-order chi connectivity index (χ1) is 14.0. The second-order valence-electron chi connectivity index (χ2n) is 8.51. The van der Waals surface area contributed by atoms with Crippen LogP contribution >= 0.6 is 0 Å². The Morgan fingerprint density at radius 1 is 1.14 bits per heavy atom. The van der Waals surface area contributed by atoms with E-state index in [0.29, 0.717) is 24.0 Å². The maximum atomic E-state index is 13.2. The number of benzene rings is 1. The van der Waals surface area contributed by atoms with Crippen LogP contribution in [0.25, 0.3) is 0 Å². The van der Waals surface area contributed by atoms with Crippen molar-refractivity contribution in [3.63, 3.8) is 0 Å². The van der Waals surface area contributed by atoms with E-state index >= 15 is 0 Å². The van der Waals surface area contributed by atoms with Crippen LogP contribution in [0.4, 0.5) is 0 Å². The van der Waals surface area contributed by atoms with Gasteiger partial charge in [0.2, 0.25) is 0 Å². The minimum absolute atomic E-state index is 0.0303. The number of rotatable bonds is 4. The molecule has 2 aromatic rings. The Balaban J connectivity index is 1.54. The van der Waals surface area contributed by atoms with Gasteiger partial charge in [0.05, 0.1) is 5.69 Å². The molecule has 1 aromatic carbocycles. The predicted molar refractivity (Wildman–Crippen MR) is 112 cm³/mol. The standard InChI is InChI=1S/C23H30N4O2/c1-16-8-10-18(11-9-16)14-24-22(28)20-19-7-3-4-13-27(19)21(25-20)23(29)26-12-5-6-17(2)15-26/h8-11,17H,3-7,12-15H2,1-2H3,(H,24,28). The fourth-order valence-corrected chi connectivity index (χ4v) is 4.38. The van der Waals surface area contributed by atoms with E-state index in [1.807, 2.05) is 40.7 Å². The summed E-state index contributed by atoms with van der Waals surface area (Å²) in [6, 6.07) is 8.11. The summed E-state index contributed by atoms with van der Waals surface area (Å²) in [7, 11) is 0. The fourth-order valence-electron chi connectivity index (χ4n) is 4.38. The monoisotopic (exact) mass is 394 g/mol. The minimum atomic E-state index is -0.192. The zero-order valence-corrected chi connectivity index (χ0v) is 17.4. The van der Waals surface area contributed by atoms with Gasteiger partial charge in [-0.05, 0) is 50.5 Å². The summed E-state index contributed by atoms with van der Waals surface area (Å²) in [5.41, 5.74) is 3.57. The largest absolute Gasteiger partial charge is 0.347 e. The zero-order chi connectivity index (χ0) is 20.4. The van der Waals surface area contributed by atoms with E-state index < -0.39 is 0 Å². The first kappa shape index (κ1) is 19.7. The van der Waals surface area contributed by atoms with Gasteiger partial charge in [0.1, 0.15) is 5.69 Å². The SMILES string of the molecule is Cc1ccc(CNC(=O)c2nc(C(=O)N3CCCC(C)C3)n3c2CCCC3)cc1. The maximum absolute atomic E-state index is 13.2. The number of nitrogens with zero attached hydrogens (tertiary/aromatic N) is 3. The molecule has 1 saturated heterocycles. The van der Waals surface area contributed by atoms with Crippen LogP contribution in [-0.4, -0.2) is 39.4 Å². The molecule has 0 aliphatic carbocycles. The molecule has 2 aliphatic rings. The van der Waals surface area contributed by atoms with Crippen LogP contribution in [0.3, 0.4) is 0 Å². The molecule has 3 heterocycles. The van der Waals surface area contributed by atoms with Crippen LogP contribution in [-0.2, 0) is 19.5 Å². The Morgan fingerprint density at radius 3 is 2.69 bits per heavy atom. The summed E-state index contributed by atoms with van der Waals surface area (Å²) in [6.45, 7) is 7.00. The second kappa shape index (κ2) is 8.39. The first-order valence-electron chi connectivity index (χ1n) is 10.8. The summed E-state index contributed by atoms with van der Waals surface area (Å²) < 4.78 is 1.99. The summed E-state index contributed by atoms with van der Waals surface area (Å²) >= 11 is 0. The third-order valence-electron chi connectivity index (χ3n) is 6.04. The Bertz CT molecular complexity index is 900. The van der Waals surface area contributed by atoms with E-state index in [9.17, 15) is 9.59 Å². The molecular weight excluding hydrogens is 364 g/mol. The van der Waals surface area contributed by atoms with Crippen molar-refractivity contribution in [2.24, 2.45) is 5.92 Å². The van der Waals surface area contributed by atoms with Crippen molar-refractivity contribution in [1.29, 1.82) is 0 Å². The number of amides is 2. The minimum Gasteiger partial charge on any atom is -0.347 e. The molecule has 0 spiro atoms. The molecule has 0 saturated carbocycles. The zero-order valence-electron chi connectivity index (χ0n) is 17.4. The molecule has 1 fully saturated rings. The fraction of sp³-hybridized carbons (Fsp3) is 0.522. The molecule has 6 nitrogen and oxygen atoms in total. The van der Waals surface area contributed by atoms with E-state index in [4.69, 9.17) is 0 Å². The molecule has 2 aliphatic heterocycles. The molecule has 6 heteroatoms. The molecule has 1 aromatic heterocycles. The van der Waals surface area contributed by atoms with Crippen LogP contribution < -0.4 is 5.32 Å². The molecule has 29 heavy (non-hydrogen) atoms. The molecule has 2 amide bonds. The van der Waals surface area contributed by atoms with Crippen molar-refractivity contribution < 1.29 is 9.59 Å². The highest BCUT2D eigenvalue weighted by Gasteiger charge is 2.31. The van der Waals surface area contributed by atoms with Gasteiger partial charge in [-0.25, -0.2) is 4.98 Å². The lowest BCUT2D eigenvalue weighted by Gasteiger charge is -2.31. The summed E-state index contributed by atoms with van der Waals surface area (Å²) in [4.78, 5) is 32.6. The third kappa shape index (κ3) is 4.21. The highest BCUT2D eigenvalue weighted by molar-refractivity contribution is 5.97. The lowest BCUT2D eigenvalue weighted by atomic mass is 10.0. The molecule has 1 atom stereocenters. The van der Waals surface area contributed by atoms with Crippen molar-refractivity contribution in [2.45, 2.75) is 59.0 Å². The number of carbonyl (C=O) groups excluding carboxylic acids is 2. The number of likely N-dealkylation sites (tertiary alicyclic amines) is 1. The van der Waals surface area contributed by atoms with Crippen LogP contribution in [0.2, 0.25) is 0 Å². The summed E-state index contributed by atoms with van der Waals surface area (Å²) in [6.07, 6.45) is 5.03. The number of aryl methyl sites for hydroxylation is 1. The molecular formula is C23H30N4O2. The van der Waals surface area contributed by atoms with E-state index in [0.717, 1.165) is 63.0 Å². The summed E-state index contributed by atoms with van der Waals surface area (Å²) in [5, 5.41) is 2.98. The van der Waals surface area contributed by atoms with Crippen molar-refractivity contribution in [1.82, 2.24) is 19.8 Å². The van der Waals surface area contributed by atoms with E-state index in [2.05, 4.69) is 17.2 Å². The van der Waals surface area contributed by atoms with Gasteiger partial charge in [0.25, 0.3) is 11.8 Å². The van der Waals surface area contributed by atoms with Gasteiger partial charge >= 0.3 is 0 Å². The number of carbonyl (C=O) groups is 2. The predicted octanol–water partition coefficient (Wildman–Crippen LogP) is 3.33. The van der Waals surface area contributed by atoms with Crippen LogP contribution in [0.1, 0.15) is 70.5 Å². The lowest BCUT2D eigenvalue weighted by molar-refractivity contribution is 0.0664. The second-order valence-corrected chi connectivity index (χ2v) is 8.51. The Hall–Kier alpha value is -2.63. The summed E-state index contributed by atoms with van der Waals surface area (Å²) in [5.74, 6) is 0.731. The molecule has 1 N–H and O–H groups in total. The van der Waals surface area contributed by atoms with E-state index in [-0.39, 0.29) is 11.8 Å². The quantitative estimate of drug-likeness (QED) is 0.865. The van der Waals surface area contributed by atoms with Crippen molar-refractivity contribution in [3.05, 3.63) is 52.6 Å². The van der Waals surface area contributed by atoms with E-state index in [1.54, 1.807) is 0 Å². The highest BCUT2D eigenvalue weighted by Crippen LogP contribution is 2.24. The van der Waals surface area contributed by atoms with Gasteiger partial charge in [-0.1, -0.05) is 36.8 Å². The number of nitrogens with one attached hydrogen (secondary N) is 1. The van der Waals surface area contributed by atoms with Gasteiger partial charge in [-0.3, -0.25) is 9.59 Å². The van der Waals surface area contributed by atoms with Crippen LogP contribution in [0.15, 0.2) is 24.3 Å². The van der Waals surface area contributed by atoms with Crippen molar-refractivity contribution in [2.75, 3.05) is 13.1 Å². The third-order valence-corrected chi connectivity index (χ3v) is 6.04. The van der Waals surface area contributed by atoms with Gasteiger partial charge in [0, 0.05) is 26.2 Å². The molecule has 4 rings (SSSR count). The topological polar surface area (TPSA) is 67.2 Å². The number of hydrogen-bond acceptors (Lipinski definition) is 3. The number of piperidine rings is 1. The highest BCUT2D eigenvalue weighted by atomic mass is 16.2. The maximum Gasteiger partial charge on any atom is 0.289 e. The van der Waals surface area contributed by atoms with Crippen LogP contribution in [0.5, 0.6) is 0 Å². The number of imidazole rings is 1. The normalized spacial score (nSPS) is 19.0. The van der Waals surface area contributed by atoms with Gasteiger partial charge in [-0.2, -0.15) is 0 Å². The molecule has 1 unspecified atom stereocenters. The van der Waals surface area contributed by atoms with Crippen molar-refractivity contribution in [3.8, 4) is 0 Å². The average Bonchev–Trinajstić information content (AvgIpc) is 3.12.